The second kappa shape index (κ2) is 11.6. The van der Waals surface area contributed by atoms with Gasteiger partial charge in [-0.1, -0.05) is 48.1 Å². The van der Waals surface area contributed by atoms with Crippen LogP contribution < -0.4 is 15.5 Å². The summed E-state index contributed by atoms with van der Waals surface area (Å²) in [6.07, 6.45) is 9.35. The molecular formula is C31H35N7O3. The van der Waals surface area contributed by atoms with E-state index in [1.165, 1.54) is 6.42 Å². The van der Waals surface area contributed by atoms with Crippen LogP contribution in [0.4, 0.5) is 0 Å². The maximum atomic E-state index is 12.8. The number of hydrogen-bond acceptors (Lipinski definition) is 8. The second-order valence-corrected chi connectivity index (χ2v) is 10.8. The van der Waals surface area contributed by atoms with Gasteiger partial charge in [0.2, 0.25) is 5.91 Å². The molecule has 10 nitrogen and oxygen atoms in total. The fourth-order valence-electron chi connectivity index (χ4n) is 5.93. The zero-order valence-electron chi connectivity index (χ0n) is 23.2. The standard InChI is InChI=1S/C31H35N7O3/c1-41-24-9-5-8-22(18-24)29-27(20-36-14-16-37(17-15-36)31(40)21-6-4-7-21)38-19-23(12-13-28(38)33-29)25-10-2-3-11-26(25)30(39)34-35-32/h2-3,5,8-13,18-19,21,28,33H,4,6-7,14-17,20H2,1H3,(H2,32,34,39). The fraction of sp³-hybridized carbons (Fsp3) is 0.355. The Morgan fingerprint density at radius 2 is 1.90 bits per heavy atom. The van der Waals surface area contributed by atoms with E-state index >= 15 is 0 Å². The molecule has 212 valence electrons. The quantitative estimate of drug-likeness (QED) is 0.338. The molecule has 0 spiro atoms. The summed E-state index contributed by atoms with van der Waals surface area (Å²) in [7, 11) is 1.67. The highest BCUT2D eigenvalue weighted by Gasteiger charge is 2.35. The van der Waals surface area contributed by atoms with Crippen LogP contribution in [0.2, 0.25) is 0 Å². The molecule has 2 amide bonds. The number of carbonyl (C=O) groups is 2. The lowest BCUT2D eigenvalue weighted by atomic mass is 9.84. The Hall–Kier alpha value is -4.44. The van der Waals surface area contributed by atoms with Gasteiger partial charge in [-0.25, -0.2) is 5.43 Å². The molecule has 0 bridgehead atoms. The van der Waals surface area contributed by atoms with E-state index in [0.717, 1.165) is 72.9 Å². The molecule has 41 heavy (non-hydrogen) atoms. The molecule has 3 heterocycles. The van der Waals surface area contributed by atoms with Crippen molar-refractivity contribution in [1.29, 1.82) is 5.53 Å². The third-order valence-electron chi connectivity index (χ3n) is 8.44. The Morgan fingerprint density at radius 1 is 1.10 bits per heavy atom. The number of hydrogen-bond donors (Lipinski definition) is 3. The van der Waals surface area contributed by atoms with Gasteiger partial charge in [-0.2, -0.15) is 5.53 Å². The molecule has 0 aromatic heterocycles. The summed E-state index contributed by atoms with van der Waals surface area (Å²) >= 11 is 0. The minimum Gasteiger partial charge on any atom is -0.497 e. The number of methoxy groups -OCH3 is 1. The monoisotopic (exact) mass is 553 g/mol. The molecule has 3 N–H and O–H groups in total. The molecule has 3 aliphatic heterocycles. The van der Waals surface area contributed by atoms with Gasteiger partial charge in [0.25, 0.3) is 5.91 Å². The van der Waals surface area contributed by atoms with Gasteiger partial charge in [0.15, 0.2) is 0 Å². The molecule has 1 aliphatic carbocycles. The first-order valence-corrected chi connectivity index (χ1v) is 14.2. The first-order chi connectivity index (χ1) is 20.1. The molecule has 1 unspecified atom stereocenters. The summed E-state index contributed by atoms with van der Waals surface area (Å²) in [6.45, 7) is 3.84. The molecule has 1 saturated carbocycles. The smallest absolute Gasteiger partial charge is 0.273 e. The average molecular weight is 554 g/mol. The molecule has 6 rings (SSSR count). The van der Waals surface area contributed by atoms with E-state index in [1.54, 1.807) is 19.2 Å². The van der Waals surface area contributed by atoms with Crippen LogP contribution in [0.3, 0.4) is 0 Å². The van der Waals surface area contributed by atoms with E-state index in [0.29, 0.717) is 18.0 Å². The lowest BCUT2D eigenvalue weighted by Crippen LogP contribution is -2.51. The number of ether oxygens (including phenoxy) is 1. The molecule has 0 radical (unpaired) electrons. The van der Waals surface area contributed by atoms with Crippen LogP contribution in [-0.4, -0.2) is 72.5 Å². The second-order valence-electron chi connectivity index (χ2n) is 10.8. The number of allylic oxidation sites excluding steroid dienone is 2. The zero-order valence-corrected chi connectivity index (χ0v) is 23.2. The number of benzene rings is 2. The van der Waals surface area contributed by atoms with Crippen molar-refractivity contribution in [1.82, 2.24) is 25.4 Å². The lowest BCUT2D eigenvalue weighted by Gasteiger charge is -2.39. The number of nitrogens with zero attached hydrogens (tertiary/aromatic N) is 4. The maximum absolute atomic E-state index is 12.8. The zero-order chi connectivity index (χ0) is 28.3. The molecular weight excluding hydrogens is 518 g/mol. The van der Waals surface area contributed by atoms with E-state index < -0.39 is 5.91 Å². The highest BCUT2D eigenvalue weighted by Crippen LogP contribution is 2.36. The highest BCUT2D eigenvalue weighted by molar-refractivity contribution is 6.00. The van der Waals surface area contributed by atoms with Gasteiger partial charge in [0.1, 0.15) is 11.9 Å². The van der Waals surface area contributed by atoms with Crippen LogP contribution in [0.15, 0.2) is 77.8 Å². The SMILES string of the molecule is COc1cccc(C2=C(CN3CCN(C(=O)C4CCC4)CC3)N3C=C(c4ccccc4C(=O)NN=N)C=CC3N2)c1. The van der Waals surface area contributed by atoms with Gasteiger partial charge in [0, 0.05) is 56.0 Å². The predicted octanol–water partition coefficient (Wildman–Crippen LogP) is 3.83. The van der Waals surface area contributed by atoms with Crippen LogP contribution in [0.5, 0.6) is 5.75 Å². The predicted molar refractivity (Wildman–Crippen MR) is 155 cm³/mol. The summed E-state index contributed by atoms with van der Waals surface area (Å²) in [5.74, 6) is 0.918. The van der Waals surface area contributed by atoms with Crippen molar-refractivity contribution < 1.29 is 14.3 Å². The van der Waals surface area contributed by atoms with Gasteiger partial charge < -0.3 is 19.9 Å². The summed E-state index contributed by atoms with van der Waals surface area (Å²) in [5, 5.41) is 6.76. The van der Waals surface area contributed by atoms with Gasteiger partial charge >= 0.3 is 0 Å². The molecule has 2 aromatic rings. The van der Waals surface area contributed by atoms with E-state index in [2.05, 4.69) is 44.1 Å². The van der Waals surface area contributed by atoms with E-state index in [1.807, 2.05) is 41.3 Å². The lowest BCUT2D eigenvalue weighted by molar-refractivity contribution is -0.139. The summed E-state index contributed by atoms with van der Waals surface area (Å²) < 4.78 is 5.52. The highest BCUT2D eigenvalue weighted by atomic mass is 16.5. The van der Waals surface area contributed by atoms with Crippen molar-refractivity contribution in [2.24, 2.45) is 11.1 Å². The molecule has 4 aliphatic rings. The molecule has 10 heteroatoms. The van der Waals surface area contributed by atoms with Crippen molar-refractivity contribution in [3.63, 3.8) is 0 Å². The number of rotatable bonds is 8. The van der Waals surface area contributed by atoms with Crippen LogP contribution in [-0.2, 0) is 4.79 Å². The van der Waals surface area contributed by atoms with Crippen LogP contribution >= 0.6 is 0 Å². The first-order valence-electron chi connectivity index (χ1n) is 14.2. The molecule has 1 atom stereocenters. The van der Waals surface area contributed by atoms with Crippen molar-refractivity contribution in [3.8, 4) is 5.75 Å². The minimum atomic E-state index is -0.422. The van der Waals surface area contributed by atoms with Gasteiger partial charge in [0.05, 0.1) is 18.5 Å². The molecule has 1 saturated heterocycles. The number of piperazine rings is 1. The Bertz CT molecular complexity index is 1440. The van der Waals surface area contributed by atoms with Gasteiger partial charge in [-0.05, 0) is 48.3 Å². The van der Waals surface area contributed by atoms with Gasteiger partial charge in [-0.15, -0.1) is 0 Å². The van der Waals surface area contributed by atoms with Crippen LogP contribution in [0.1, 0.15) is 40.7 Å². The normalized spacial score (nSPS) is 20.6. The summed E-state index contributed by atoms with van der Waals surface area (Å²) in [5.41, 5.74) is 14.6. The van der Waals surface area contributed by atoms with Crippen molar-refractivity contribution in [2.75, 3.05) is 39.8 Å². The maximum Gasteiger partial charge on any atom is 0.273 e. The molecule has 2 aromatic carbocycles. The topological polar surface area (TPSA) is 113 Å². The largest absolute Gasteiger partial charge is 0.497 e. The first kappa shape index (κ1) is 26.8. The van der Waals surface area contributed by atoms with Crippen molar-refractivity contribution >= 4 is 23.1 Å². The Labute approximate surface area is 239 Å². The number of nitrogens with one attached hydrogen (secondary N) is 3. The van der Waals surface area contributed by atoms with E-state index in [9.17, 15) is 9.59 Å². The number of amides is 2. The minimum absolute atomic E-state index is 0.0827. The number of carbonyl (C=O) groups excluding carboxylic acids is 2. The average Bonchev–Trinajstić information content (AvgIpc) is 3.34. The Balaban J connectivity index is 1.30. The van der Waals surface area contributed by atoms with Crippen molar-refractivity contribution in [3.05, 3.63) is 89.3 Å². The van der Waals surface area contributed by atoms with Gasteiger partial charge in [-0.3, -0.25) is 14.5 Å². The van der Waals surface area contributed by atoms with E-state index in [-0.39, 0.29) is 12.1 Å². The molecule has 2 fully saturated rings. The van der Waals surface area contributed by atoms with Crippen LogP contribution in [0, 0.1) is 11.4 Å². The number of fused-ring (bicyclic) bond motifs is 1. The summed E-state index contributed by atoms with van der Waals surface area (Å²) in [4.78, 5) is 32.1. The Morgan fingerprint density at radius 3 is 2.63 bits per heavy atom. The summed E-state index contributed by atoms with van der Waals surface area (Å²) in [6, 6.07) is 15.4. The third kappa shape index (κ3) is 5.35. The third-order valence-corrected chi connectivity index (χ3v) is 8.44. The van der Waals surface area contributed by atoms with Crippen molar-refractivity contribution in [2.45, 2.75) is 25.4 Å². The van der Waals surface area contributed by atoms with Crippen LogP contribution in [0.25, 0.3) is 11.3 Å². The fourth-order valence-corrected chi connectivity index (χ4v) is 5.93. The van der Waals surface area contributed by atoms with E-state index in [4.69, 9.17) is 10.3 Å². The Kier molecular flexibility index (Phi) is 7.56.